The summed E-state index contributed by atoms with van der Waals surface area (Å²) >= 11 is 0. The molecule has 0 aromatic rings. The molecule has 0 rings (SSSR count). The van der Waals surface area contributed by atoms with Crippen LogP contribution in [0.4, 0.5) is 4.79 Å². The van der Waals surface area contributed by atoms with Crippen molar-refractivity contribution in [2.75, 3.05) is 20.1 Å². The second kappa shape index (κ2) is 7.92. The molecule has 0 fully saturated rings. The highest BCUT2D eigenvalue weighted by Gasteiger charge is 2.19. The van der Waals surface area contributed by atoms with Gasteiger partial charge in [-0.3, -0.25) is 4.79 Å². The van der Waals surface area contributed by atoms with Gasteiger partial charge in [-0.25, -0.2) is 4.79 Å². The average Bonchev–Trinajstić information content (AvgIpc) is 2.23. The molecule has 0 bridgehead atoms. The molecule has 0 unspecified atom stereocenters. The Morgan fingerprint density at radius 2 is 1.82 bits per heavy atom. The molecule has 5 nitrogen and oxygen atoms in total. The summed E-state index contributed by atoms with van der Waals surface area (Å²) in [5.74, 6) is -0.819. The lowest BCUT2D eigenvalue weighted by Crippen LogP contribution is -2.45. The highest BCUT2D eigenvalue weighted by Crippen LogP contribution is 2.05. The van der Waals surface area contributed by atoms with Gasteiger partial charge in [0.1, 0.15) is 0 Å². The first-order chi connectivity index (χ1) is 7.90. The van der Waals surface area contributed by atoms with Gasteiger partial charge >= 0.3 is 12.0 Å². The van der Waals surface area contributed by atoms with Gasteiger partial charge in [0.05, 0.1) is 0 Å². The number of carbonyl (C=O) groups is 2. The van der Waals surface area contributed by atoms with E-state index in [0.717, 1.165) is 13.0 Å². The van der Waals surface area contributed by atoms with Gasteiger partial charge in [-0.05, 0) is 26.7 Å². The van der Waals surface area contributed by atoms with E-state index in [4.69, 9.17) is 5.11 Å². The SMILES string of the molecule is CCCN(C(=O)N(C)CCCC(=O)O)C(C)C. The summed E-state index contributed by atoms with van der Waals surface area (Å²) in [6.07, 6.45) is 1.52. The molecular formula is C12H24N2O3. The number of nitrogens with zero attached hydrogens (tertiary/aromatic N) is 2. The van der Waals surface area contributed by atoms with E-state index < -0.39 is 5.97 Å². The Kier molecular flexibility index (Phi) is 7.34. The predicted octanol–water partition coefficient (Wildman–Crippen LogP) is 2.02. The van der Waals surface area contributed by atoms with Crippen LogP contribution in [-0.2, 0) is 4.79 Å². The van der Waals surface area contributed by atoms with Gasteiger partial charge in [-0.2, -0.15) is 0 Å². The maximum Gasteiger partial charge on any atom is 0.319 e. The molecule has 1 N–H and O–H groups in total. The number of carbonyl (C=O) groups excluding carboxylic acids is 1. The molecule has 0 saturated heterocycles. The van der Waals surface area contributed by atoms with Crippen molar-refractivity contribution in [2.45, 2.75) is 46.1 Å². The lowest BCUT2D eigenvalue weighted by Gasteiger charge is -2.31. The maximum absolute atomic E-state index is 12.1. The molecule has 5 heteroatoms. The van der Waals surface area contributed by atoms with Crippen molar-refractivity contribution in [3.05, 3.63) is 0 Å². The zero-order valence-electron chi connectivity index (χ0n) is 11.3. The standard InChI is InChI=1S/C12H24N2O3/c1-5-8-14(10(2)3)12(17)13(4)9-6-7-11(15)16/h10H,5-9H2,1-4H3,(H,15,16). The van der Waals surface area contributed by atoms with Crippen LogP contribution < -0.4 is 0 Å². The Morgan fingerprint density at radius 3 is 2.24 bits per heavy atom. The van der Waals surface area contributed by atoms with Gasteiger partial charge < -0.3 is 14.9 Å². The van der Waals surface area contributed by atoms with E-state index in [9.17, 15) is 9.59 Å². The molecule has 0 aliphatic carbocycles. The molecule has 0 atom stereocenters. The van der Waals surface area contributed by atoms with E-state index >= 15 is 0 Å². The Morgan fingerprint density at radius 1 is 1.24 bits per heavy atom. The minimum Gasteiger partial charge on any atom is -0.481 e. The van der Waals surface area contributed by atoms with Gasteiger partial charge in [0.25, 0.3) is 0 Å². The molecule has 0 spiro atoms. The van der Waals surface area contributed by atoms with Crippen LogP contribution in [0.3, 0.4) is 0 Å². The number of amides is 2. The van der Waals surface area contributed by atoms with Crippen molar-refractivity contribution in [3.63, 3.8) is 0 Å². The van der Waals surface area contributed by atoms with Crippen LogP contribution in [0, 0.1) is 0 Å². The lowest BCUT2D eigenvalue weighted by atomic mass is 10.3. The fourth-order valence-corrected chi connectivity index (χ4v) is 1.60. The van der Waals surface area contributed by atoms with E-state index in [1.54, 1.807) is 16.8 Å². The third kappa shape index (κ3) is 6.14. The van der Waals surface area contributed by atoms with E-state index in [1.807, 2.05) is 20.8 Å². The Bertz CT molecular complexity index is 254. The summed E-state index contributed by atoms with van der Waals surface area (Å²) in [5.41, 5.74) is 0. The quantitative estimate of drug-likeness (QED) is 0.745. The second-order valence-corrected chi connectivity index (χ2v) is 4.49. The Hall–Kier alpha value is -1.26. The number of urea groups is 1. The summed E-state index contributed by atoms with van der Waals surface area (Å²) in [6, 6.07) is 0.150. The zero-order chi connectivity index (χ0) is 13.4. The molecule has 0 heterocycles. The zero-order valence-corrected chi connectivity index (χ0v) is 11.3. The molecular weight excluding hydrogens is 220 g/mol. The number of carboxylic acids is 1. The van der Waals surface area contributed by atoms with Crippen LogP contribution in [0.1, 0.15) is 40.0 Å². The van der Waals surface area contributed by atoms with E-state index in [0.29, 0.717) is 13.0 Å². The van der Waals surface area contributed by atoms with E-state index in [2.05, 4.69) is 0 Å². The third-order valence-electron chi connectivity index (χ3n) is 2.54. The van der Waals surface area contributed by atoms with Crippen molar-refractivity contribution in [1.29, 1.82) is 0 Å². The Balaban J connectivity index is 4.20. The number of hydrogen-bond acceptors (Lipinski definition) is 2. The third-order valence-corrected chi connectivity index (χ3v) is 2.54. The van der Waals surface area contributed by atoms with Gasteiger partial charge in [0, 0.05) is 32.6 Å². The monoisotopic (exact) mass is 244 g/mol. The number of rotatable bonds is 7. The predicted molar refractivity (Wildman–Crippen MR) is 67.0 cm³/mol. The average molecular weight is 244 g/mol. The first-order valence-electron chi connectivity index (χ1n) is 6.13. The van der Waals surface area contributed by atoms with Crippen LogP contribution in [0.2, 0.25) is 0 Å². The summed E-state index contributed by atoms with van der Waals surface area (Å²) in [6.45, 7) is 7.22. The molecule has 17 heavy (non-hydrogen) atoms. The van der Waals surface area contributed by atoms with Crippen molar-refractivity contribution >= 4 is 12.0 Å². The van der Waals surface area contributed by atoms with Crippen molar-refractivity contribution in [1.82, 2.24) is 9.80 Å². The van der Waals surface area contributed by atoms with Crippen LogP contribution in [0.25, 0.3) is 0 Å². The molecule has 0 aliphatic heterocycles. The highest BCUT2D eigenvalue weighted by atomic mass is 16.4. The van der Waals surface area contributed by atoms with Gasteiger partial charge in [-0.1, -0.05) is 6.92 Å². The van der Waals surface area contributed by atoms with Crippen molar-refractivity contribution < 1.29 is 14.7 Å². The van der Waals surface area contributed by atoms with Gasteiger partial charge in [-0.15, -0.1) is 0 Å². The second-order valence-electron chi connectivity index (χ2n) is 4.49. The maximum atomic E-state index is 12.1. The molecule has 100 valence electrons. The highest BCUT2D eigenvalue weighted by molar-refractivity contribution is 5.74. The van der Waals surface area contributed by atoms with Gasteiger partial charge in [0.15, 0.2) is 0 Å². The summed E-state index contributed by atoms with van der Waals surface area (Å²) in [5, 5.41) is 8.53. The number of aliphatic carboxylic acids is 1. The van der Waals surface area contributed by atoms with Crippen LogP contribution in [0.5, 0.6) is 0 Å². The smallest absolute Gasteiger partial charge is 0.319 e. The normalized spacial score (nSPS) is 10.4. The van der Waals surface area contributed by atoms with Crippen LogP contribution >= 0.6 is 0 Å². The van der Waals surface area contributed by atoms with E-state index in [1.165, 1.54) is 0 Å². The summed E-state index contributed by atoms with van der Waals surface area (Å²) in [4.78, 5) is 25.8. The molecule has 2 amide bonds. The van der Waals surface area contributed by atoms with Crippen molar-refractivity contribution in [2.24, 2.45) is 0 Å². The first-order valence-corrected chi connectivity index (χ1v) is 6.13. The van der Waals surface area contributed by atoms with Crippen LogP contribution in [-0.4, -0.2) is 53.1 Å². The minimum absolute atomic E-state index is 0.0211. The first kappa shape index (κ1) is 15.7. The van der Waals surface area contributed by atoms with Crippen LogP contribution in [0.15, 0.2) is 0 Å². The number of carboxylic acid groups (broad SMARTS) is 1. The van der Waals surface area contributed by atoms with Crippen molar-refractivity contribution in [3.8, 4) is 0 Å². The summed E-state index contributed by atoms with van der Waals surface area (Å²) < 4.78 is 0. The molecule has 0 aliphatic rings. The fraction of sp³-hybridized carbons (Fsp3) is 0.833. The molecule has 0 aromatic heterocycles. The fourth-order valence-electron chi connectivity index (χ4n) is 1.60. The summed E-state index contributed by atoms with van der Waals surface area (Å²) in [7, 11) is 1.72. The lowest BCUT2D eigenvalue weighted by molar-refractivity contribution is -0.137. The Labute approximate surface area is 103 Å². The van der Waals surface area contributed by atoms with E-state index in [-0.39, 0.29) is 18.5 Å². The molecule has 0 radical (unpaired) electrons. The molecule has 0 saturated carbocycles. The van der Waals surface area contributed by atoms with Gasteiger partial charge in [0.2, 0.25) is 0 Å². The topological polar surface area (TPSA) is 60.9 Å². The molecule has 0 aromatic carbocycles. The minimum atomic E-state index is -0.819. The number of hydrogen-bond donors (Lipinski definition) is 1. The largest absolute Gasteiger partial charge is 0.481 e.